The molecule has 0 atom stereocenters. The molecular formula is C23H18ClN3O2. The number of para-hydroxylation sites is 2. The normalized spacial score (nSPS) is 10.7. The zero-order chi connectivity index (χ0) is 20.2. The van der Waals surface area contributed by atoms with E-state index in [9.17, 15) is 4.79 Å². The predicted molar refractivity (Wildman–Crippen MR) is 116 cm³/mol. The van der Waals surface area contributed by atoms with E-state index in [1.54, 1.807) is 24.4 Å². The maximum atomic E-state index is 13.1. The van der Waals surface area contributed by atoms with E-state index in [2.05, 4.69) is 10.3 Å². The molecule has 0 aliphatic rings. The molecule has 1 N–H and O–H groups in total. The fourth-order valence-corrected chi connectivity index (χ4v) is 3.30. The van der Waals surface area contributed by atoms with Crippen LogP contribution in [0.25, 0.3) is 22.2 Å². The van der Waals surface area contributed by atoms with Gasteiger partial charge in [0.25, 0.3) is 5.91 Å². The summed E-state index contributed by atoms with van der Waals surface area (Å²) in [7, 11) is 0. The van der Waals surface area contributed by atoms with E-state index in [0.29, 0.717) is 23.6 Å². The number of amides is 1. The van der Waals surface area contributed by atoms with E-state index in [1.807, 2.05) is 55.5 Å². The summed E-state index contributed by atoms with van der Waals surface area (Å²) in [5.74, 6) is 0.438. The van der Waals surface area contributed by atoms with Crippen molar-refractivity contribution in [2.75, 3.05) is 11.9 Å². The van der Waals surface area contributed by atoms with Crippen molar-refractivity contribution in [3.63, 3.8) is 0 Å². The van der Waals surface area contributed by atoms with Gasteiger partial charge in [0.1, 0.15) is 5.75 Å². The standard InChI is InChI=1S/C23H18ClN3O2/c1-2-29-21-12-6-4-9-16(21)20-14-17(15-8-3-5-10-18(15)26-20)23(28)27-19-11-7-13-25-22(19)24/h3-14H,2H2,1H3,(H,27,28). The van der Waals surface area contributed by atoms with Crippen LogP contribution in [0.15, 0.2) is 72.9 Å². The molecule has 6 heteroatoms. The number of hydrogen-bond acceptors (Lipinski definition) is 4. The van der Waals surface area contributed by atoms with Gasteiger partial charge in [0.2, 0.25) is 0 Å². The van der Waals surface area contributed by atoms with Gasteiger partial charge in [-0.25, -0.2) is 9.97 Å². The van der Waals surface area contributed by atoms with Gasteiger partial charge in [-0.2, -0.15) is 0 Å². The van der Waals surface area contributed by atoms with Crippen LogP contribution >= 0.6 is 11.6 Å². The molecule has 0 radical (unpaired) electrons. The molecule has 29 heavy (non-hydrogen) atoms. The molecule has 2 aromatic heterocycles. The molecule has 0 aliphatic heterocycles. The lowest BCUT2D eigenvalue weighted by Crippen LogP contribution is -2.13. The Labute approximate surface area is 173 Å². The minimum absolute atomic E-state index is 0.237. The summed E-state index contributed by atoms with van der Waals surface area (Å²) in [6, 6.07) is 20.4. The van der Waals surface area contributed by atoms with Gasteiger partial charge in [0, 0.05) is 17.1 Å². The monoisotopic (exact) mass is 403 g/mol. The highest BCUT2D eigenvalue weighted by molar-refractivity contribution is 6.32. The number of aromatic nitrogens is 2. The molecular weight excluding hydrogens is 386 g/mol. The van der Waals surface area contributed by atoms with Crippen LogP contribution in [-0.4, -0.2) is 22.5 Å². The topological polar surface area (TPSA) is 64.1 Å². The van der Waals surface area contributed by atoms with Gasteiger partial charge >= 0.3 is 0 Å². The number of nitrogens with zero attached hydrogens (tertiary/aromatic N) is 2. The Morgan fingerprint density at radius 1 is 1.07 bits per heavy atom. The summed E-state index contributed by atoms with van der Waals surface area (Å²) in [4.78, 5) is 21.9. The first kappa shape index (κ1) is 18.9. The Kier molecular flexibility index (Phi) is 5.40. The van der Waals surface area contributed by atoms with Crippen LogP contribution < -0.4 is 10.1 Å². The third kappa shape index (κ3) is 3.91. The summed E-state index contributed by atoms with van der Waals surface area (Å²) in [5, 5.41) is 3.83. The van der Waals surface area contributed by atoms with Gasteiger partial charge in [-0.1, -0.05) is 41.9 Å². The number of halogens is 1. The largest absolute Gasteiger partial charge is 0.493 e. The smallest absolute Gasteiger partial charge is 0.256 e. The second kappa shape index (κ2) is 8.29. The Balaban J connectivity index is 1.84. The van der Waals surface area contributed by atoms with Crippen molar-refractivity contribution in [2.45, 2.75) is 6.92 Å². The van der Waals surface area contributed by atoms with Crippen LogP contribution in [0.5, 0.6) is 5.75 Å². The molecule has 0 bridgehead atoms. The van der Waals surface area contributed by atoms with Crippen LogP contribution in [0.3, 0.4) is 0 Å². The minimum atomic E-state index is -0.284. The van der Waals surface area contributed by atoms with Crippen molar-refractivity contribution in [1.29, 1.82) is 0 Å². The molecule has 1 amide bonds. The third-order valence-electron chi connectivity index (χ3n) is 4.43. The molecule has 0 saturated heterocycles. The summed E-state index contributed by atoms with van der Waals surface area (Å²) in [5.41, 5.74) is 3.16. The van der Waals surface area contributed by atoms with E-state index in [-0.39, 0.29) is 11.1 Å². The maximum absolute atomic E-state index is 13.1. The summed E-state index contributed by atoms with van der Waals surface area (Å²) >= 11 is 6.10. The molecule has 5 nitrogen and oxygen atoms in total. The quantitative estimate of drug-likeness (QED) is 0.440. The number of rotatable bonds is 5. The van der Waals surface area contributed by atoms with Crippen LogP contribution in [0.4, 0.5) is 5.69 Å². The average Bonchev–Trinajstić information content (AvgIpc) is 2.75. The van der Waals surface area contributed by atoms with Crippen LogP contribution in [0, 0.1) is 0 Å². The second-order valence-electron chi connectivity index (χ2n) is 6.30. The third-order valence-corrected chi connectivity index (χ3v) is 4.73. The van der Waals surface area contributed by atoms with Crippen LogP contribution in [-0.2, 0) is 0 Å². The van der Waals surface area contributed by atoms with E-state index in [4.69, 9.17) is 21.3 Å². The Hall–Kier alpha value is -3.44. The zero-order valence-electron chi connectivity index (χ0n) is 15.7. The molecule has 144 valence electrons. The highest BCUT2D eigenvalue weighted by Gasteiger charge is 2.17. The van der Waals surface area contributed by atoms with E-state index < -0.39 is 0 Å². The van der Waals surface area contributed by atoms with Crippen molar-refractivity contribution in [1.82, 2.24) is 9.97 Å². The highest BCUT2D eigenvalue weighted by Crippen LogP contribution is 2.32. The van der Waals surface area contributed by atoms with Crippen molar-refractivity contribution < 1.29 is 9.53 Å². The van der Waals surface area contributed by atoms with E-state index >= 15 is 0 Å². The first-order valence-corrected chi connectivity index (χ1v) is 9.59. The number of hydrogen-bond donors (Lipinski definition) is 1. The molecule has 0 aliphatic carbocycles. The number of carbonyl (C=O) groups is 1. The van der Waals surface area contributed by atoms with Gasteiger partial charge < -0.3 is 10.1 Å². The lowest BCUT2D eigenvalue weighted by molar-refractivity contribution is 0.102. The summed E-state index contributed by atoms with van der Waals surface area (Å²) < 4.78 is 5.75. The number of ether oxygens (including phenoxy) is 1. The fourth-order valence-electron chi connectivity index (χ4n) is 3.13. The first-order valence-electron chi connectivity index (χ1n) is 9.21. The molecule has 4 aromatic rings. The number of anilines is 1. The molecule has 4 rings (SSSR count). The molecule has 2 aromatic carbocycles. The Morgan fingerprint density at radius 2 is 1.86 bits per heavy atom. The Bertz CT molecular complexity index is 1190. The number of benzene rings is 2. The SMILES string of the molecule is CCOc1ccccc1-c1cc(C(=O)Nc2cccnc2Cl)c2ccccc2n1. The molecule has 0 saturated carbocycles. The Morgan fingerprint density at radius 3 is 2.69 bits per heavy atom. The van der Waals surface area contributed by atoms with Crippen LogP contribution in [0.1, 0.15) is 17.3 Å². The van der Waals surface area contributed by atoms with E-state index in [1.165, 1.54) is 0 Å². The maximum Gasteiger partial charge on any atom is 0.256 e. The van der Waals surface area contributed by atoms with Gasteiger partial charge in [-0.05, 0) is 43.3 Å². The lowest BCUT2D eigenvalue weighted by atomic mass is 10.0. The van der Waals surface area contributed by atoms with Gasteiger partial charge in [-0.3, -0.25) is 4.79 Å². The van der Waals surface area contributed by atoms with Gasteiger partial charge in [0.15, 0.2) is 5.15 Å². The number of pyridine rings is 2. The number of fused-ring (bicyclic) bond motifs is 1. The fraction of sp³-hybridized carbons (Fsp3) is 0.0870. The molecule has 2 heterocycles. The number of nitrogens with one attached hydrogen (secondary N) is 1. The summed E-state index contributed by atoms with van der Waals surface area (Å²) in [6.45, 7) is 2.47. The van der Waals surface area contributed by atoms with Crippen molar-refractivity contribution >= 4 is 34.1 Å². The predicted octanol–water partition coefficient (Wildman–Crippen LogP) is 5.60. The van der Waals surface area contributed by atoms with Gasteiger partial charge in [-0.15, -0.1) is 0 Å². The lowest BCUT2D eigenvalue weighted by Gasteiger charge is -2.13. The van der Waals surface area contributed by atoms with Crippen molar-refractivity contribution in [3.05, 3.63) is 83.6 Å². The average molecular weight is 404 g/mol. The molecule has 0 spiro atoms. The number of carbonyl (C=O) groups excluding carboxylic acids is 1. The second-order valence-corrected chi connectivity index (χ2v) is 6.66. The van der Waals surface area contributed by atoms with Crippen LogP contribution in [0.2, 0.25) is 5.15 Å². The first-order chi connectivity index (χ1) is 14.2. The summed E-state index contributed by atoms with van der Waals surface area (Å²) in [6.07, 6.45) is 1.57. The van der Waals surface area contributed by atoms with Gasteiger partial charge in [0.05, 0.1) is 29.1 Å². The molecule has 0 unspecified atom stereocenters. The minimum Gasteiger partial charge on any atom is -0.493 e. The van der Waals surface area contributed by atoms with Crippen molar-refractivity contribution in [2.24, 2.45) is 0 Å². The van der Waals surface area contributed by atoms with Crippen molar-refractivity contribution in [3.8, 4) is 17.0 Å². The zero-order valence-corrected chi connectivity index (χ0v) is 16.5. The van der Waals surface area contributed by atoms with E-state index in [0.717, 1.165) is 22.2 Å². The molecule has 0 fully saturated rings. The highest BCUT2D eigenvalue weighted by atomic mass is 35.5.